The Morgan fingerprint density at radius 2 is 1.92 bits per heavy atom. The van der Waals surface area contributed by atoms with Gasteiger partial charge in [-0.15, -0.1) is 11.3 Å². The monoisotopic (exact) mass is 380 g/mol. The van der Waals surface area contributed by atoms with Crippen molar-refractivity contribution in [3.63, 3.8) is 0 Å². The number of esters is 1. The number of carbonyl (C=O) groups is 2. The summed E-state index contributed by atoms with van der Waals surface area (Å²) >= 11 is 7.43. The molecule has 0 bridgehead atoms. The summed E-state index contributed by atoms with van der Waals surface area (Å²) in [7, 11) is 0. The third-order valence-electron chi connectivity index (χ3n) is 3.29. The third-order valence-corrected chi connectivity index (χ3v) is 4.49. The first-order valence-corrected chi connectivity index (χ1v) is 9.16. The van der Waals surface area contributed by atoms with E-state index in [4.69, 9.17) is 16.3 Å². The Morgan fingerprint density at radius 1 is 1.24 bits per heavy atom. The van der Waals surface area contributed by atoms with Crippen molar-refractivity contribution in [3.8, 4) is 10.6 Å². The number of aromatic nitrogens is 1. The average molecular weight is 381 g/mol. The van der Waals surface area contributed by atoms with Gasteiger partial charge in [0.05, 0.1) is 11.1 Å². The van der Waals surface area contributed by atoms with Crippen LogP contribution >= 0.6 is 22.9 Å². The standard InChI is InChI=1S/C18H21ClN2O3S/c1-18(2,3)17(23)24-10-15(22)20-9-8-14-11-25-16(21-14)12-4-6-13(19)7-5-12/h4-7,11H,8-10H2,1-3H3,(H,20,22). The summed E-state index contributed by atoms with van der Waals surface area (Å²) < 4.78 is 4.97. The highest BCUT2D eigenvalue weighted by Gasteiger charge is 2.23. The van der Waals surface area contributed by atoms with Gasteiger partial charge >= 0.3 is 5.97 Å². The summed E-state index contributed by atoms with van der Waals surface area (Å²) in [5.74, 6) is -0.708. The molecular weight excluding hydrogens is 360 g/mol. The predicted octanol–water partition coefficient (Wildman–Crippen LogP) is 3.71. The number of nitrogens with zero attached hydrogens (tertiary/aromatic N) is 1. The zero-order valence-electron chi connectivity index (χ0n) is 14.5. The number of hydrogen-bond donors (Lipinski definition) is 1. The average Bonchev–Trinajstić information content (AvgIpc) is 3.01. The van der Waals surface area contributed by atoms with Crippen molar-refractivity contribution in [3.05, 3.63) is 40.4 Å². The minimum atomic E-state index is -0.612. The molecule has 25 heavy (non-hydrogen) atoms. The number of rotatable bonds is 6. The van der Waals surface area contributed by atoms with Gasteiger partial charge in [-0.2, -0.15) is 0 Å². The molecule has 134 valence electrons. The van der Waals surface area contributed by atoms with E-state index in [1.165, 1.54) is 0 Å². The van der Waals surface area contributed by atoms with Crippen LogP contribution in [0.3, 0.4) is 0 Å². The van der Waals surface area contributed by atoms with Crippen LogP contribution in [-0.2, 0) is 20.7 Å². The van der Waals surface area contributed by atoms with Gasteiger partial charge in [0.25, 0.3) is 5.91 Å². The quantitative estimate of drug-likeness (QED) is 0.775. The van der Waals surface area contributed by atoms with E-state index in [0.29, 0.717) is 18.0 Å². The lowest BCUT2D eigenvalue weighted by Crippen LogP contribution is -2.33. The molecule has 1 heterocycles. The molecule has 0 spiro atoms. The lowest BCUT2D eigenvalue weighted by molar-refractivity contribution is -0.156. The number of carbonyl (C=O) groups excluding carboxylic acids is 2. The summed E-state index contributed by atoms with van der Waals surface area (Å²) in [5.41, 5.74) is 1.31. The van der Waals surface area contributed by atoms with Gasteiger partial charge in [0.2, 0.25) is 0 Å². The van der Waals surface area contributed by atoms with Gasteiger partial charge in [-0.3, -0.25) is 9.59 Å². The number of amides is 1. The largest absolute Gasteiger partial charge is 0.455 e. The number of nitrogens with one attached hydrogen (secondary N) is 1. The lowest BCUT2D eigenvalue weighted by atomic mass is 9.97. The molecule has 1 N–H and O–H groups in total. The van der Waals surface area contributed by atoms with Gasteiger partial charge in [-0.1, -0.05) is 23.7 Å². The molecule has 0 aliphatic heterocycles. The van der Waals surface area contributed by atoms with Crippen LogP contribution in [0.15, 0.2) is 29.6 Å². The molecule has 5 nitrogen and oxygen atoms in total. The number of benzene rings is 1. The van der Waals surface area contributed by atoms with Crippen molar-refractivity contribution in [2.75, 3.05) is 13.2 Å². The summed E-state index contributed by atoms with van der Waals surface area (Å²) in [4.78, 5) is 27.9. The van der Waals surface area contributed by atoms with Crippen molar-refractivity contribution in [1.29, 1.82) is 0 Å². The van der Waals surface area contributed by atoms with E-state index in [1.54, 1.807) is 32.1 Å². The second-order valence-corrected chi connectivity index (χ2v) is 7.87. The van der Waals surface area contributed by atoms with E-state index in [9.17, 15) is 9.59 Å². The van der Waals surface area contributed by atoms with Crippen molar-refractivity contribution >= 4 is 34.8 Å². The molecule has 0 fully saturated rings. The first kappa shape index (κ1) is 19.4. The van der Waals surface area contributed by atoms with E-state index < -0.39 is 11.4 Å². The van der Waals surface area contributed by atoms with Crippen LogP contribution < -0.4 is 5.32 Å². The third kappa shape index (κ3) is 6.14. The zero-order chi connectivity index (χ0) is 18.4. The minimum Gasteiger partial charge on any atom is -0.455 e. The smallest absolute Gasteiger partial charge is 0.311 e. The second-order valence-electron chi connectivity index (χ2n) is 6.58. The highest BCUT2D eigenvalue weighted by Crippen LogP contribution is 2.25. The number of halogens is 1. The highest BCUT2D eigenvalue weighted by atomic mass is 35.5. The minimum absolute atomic E-state index is 0.261. The van der Waals surface area contributed by atoms with Crippen LogP contribution in [0.25, 0.3) is 10.6 Å². The SMILES string of the molecule is CC(C)(C)C(=O)OCC(=O)NCCc1csc(-c2ccc(Cl)cc2)n1. The molecule has 0 atom stereocenters. The highest BCUT2D eigenvalue weighted by molar-refractivity contribution is 7.13. The fourth-order valence-electron chi connectivity index (χ4n) is 1.88. The Balaban J connectivity index is 1.76. The molecule has 0 aliphatic carbocycles. The van der Waals surface area contributed by atoms with E-state index in [1.807, 2.05) is 29.6 Å². The van der Waals surface area contributed by atoms with Gasteiger partial charge in [0.1, 0.15) is 5.01 Å². The molecule has 0 radical (unpaired) electrons. The van der Waals surface area contributed by atoms with E-state index in [-0.39, 0.29) is 12.5 Å². The predicted molar refractivity (Wildman–Crippen MR) is 99.7 cm³/mol. The van der Waals surface area contributed by atoms with Crippen molar-refractivity contribution in [1.82, 2.24) is 10.3 Å². The van der Waals surface area contributed by atoms with Crippen LogP contribution in [-0.4, -0.2) is 30.0 Å². The summed E-state index contributed by atoms with van der Waals surface area (Å²) in [6, 6.07) is 7.51. The topological polar surface area (TPSA) is 68.3 Å². The molecule has 1 aromatic carbocycles. The van der Waals surface area contributed by atoms with Crippen LogP contribution in [0.5, 0.6) is 0 Å². The fraction of sp³-hybridized carbons (Fsp3) is 0.389. The Labute approximate surface area is 156 Å². The van der Waals surface area contributed by atoms with Gasteiger partial charge in [-0.25, -0.2) is 4.98 Å². The Kier molecular flexibility index (Phi) is 6.56. The van der Waals surface area contributed by atoms with E-state index >= 15 is 0 Å². The molecule has 0 aliphatic rings. The number of hydrogen-bond acceptors (Lipinski definition) is 5. The molecule has 1 amide bonds. The van der Waals surface area contributed by atoms with Gasteiger partial charge in [-0.05, 0) is 32.9 Å². The van der Waals surface area contributed by atoms with Gasteiger partial charge in [0.15, 0.2) is 6.61 Å². The van der Waals surface area contributed by atoms with Crippen LogP contribution in [0.4, 0.5) is 0 Å². The van der Waals surface area contributed by atoms with Crippen molar-refractivity contribution in [2.45, 2.75) is 27.2 Å². The normalized spacial score (nSPS) is 11.2. The molecule has 2 rings (SSSR count). The maximum atomic E-state index is 11.7. The molecule has 2 aromatic rings. The van der Waals surface area contributed by atoms with Crippen LogP contribution in [0.1, 0.15) is 26.5 Å². The maximum Gasteiger partial charge on any atom is 0.311 e. The molecular formula is C18H21ClN2O3S. The number of thiazole rings is 1. The fourth-order valence-corrected chi connectivity index (χ4v) is 2.86. The molecule has 7 heteroatoms. The Morgan fingerprint density at radius 3 is 2.56 bits per heavy atom. The molecule has 0 saturated heterocycles. The Bertz CT molecular complexity index is 736. The van der Waals surface area contributed by atoms with Crippen LogP contribution in [0.2, 0.25) is 5.02 Å². The first-order chi connectivity index (χ1) is 11.8. The van der Waals surface area contributed by atoms with Crippen molar-refractivity contribution in [2.24, 2.45) is 5.41 Å². The molecule has 0 saturated carbocycles. The lowest BCUT2D eigenvalue weighted by Gasteiger charge is -2.16. The molecule has 0 unspecified atom stereocenters. The maximum absolute atomic E-state index is 11.7. The second kappa shape index (κ2) is 8.45. The summed E-state index contributed by atoms with van der Waals surface area (Å²) in [5, 5.41) is 6.30. The Hall–Kier alpha value is -1.92. The zero-order valence-corrected chi connectivity index (χ0v) is 16.0. The first-order valence-electron chi connectivity index (χ1n) is 7.90. The number of ether oxygens (including phenoxy) is 1. The van der Waals surface area contributed by atoms with E-state index in [2.05, 4.69) is 10.3 Å². The van der Waals surface area contributed by atoms with Gasteiger partial charge in [0, 0.05) is 28.9 Å². The van der Waals surface area contributed by atoms with Crippen molar-refractivity contribution < 1.29 is 14.3 Å². The van der Waals surface area contributed by atoms with E-state index in [0.717, 1.165) is 16.3 Å². The summed E-state index contributed by atoms with van der Waals surface area (Å²) in [6.07, 6.45) is 0.614. The van der Waals surface area contributed by atoms with Crippen LogP contribution in [0, 0.1) is 5.41 Å². The summed E-state index contributed by atoms with van der Waals surface area (Å²) in [6.45, 7) is 5.41. The molecule has 1 aromatic heterocycles. The van der Waals surface area contributed by atoms with Gasteiger partial charge < -0.3 is 10.1 Å².